The number of hydrogen-bond acceptors (Lipinski definition) is 5. The van der Waals surface area contributed by atoms with Gasteiger partial charge in [0.2, 0.25) is 0 Å². The summed E-state index contributed by atoms with van der Waals surface area (Å²) in [4.78, 5) is 27.7. The second kappa shape index (κ2) is 7.91. The predicted octanol–water partition coefficient (Wildman–Crippen LogP) is 4.17. The van der Waals surface area contributed by atoms with Gasteiger partial charge in [0.25, 0.3) is 0 Å². The molecule has 26 heavy (non-hydrogen) atoms. The summed E-state index contributed by atoms with van der Waals surface area (Å²) in [5.41, 5.74) is 2.26. The Balaban J connectivity index is 0.00000196. The summed E-state index contributed by atoms with van der Waals surface area (Å²) in [6.45, 7) is 3.00. The maximum absolute atomic E-state index is 13.0. The van der Waals surface area contributed by atoms with Crippen LogP contribution in [0.5, 0.6) is 5.06 Å². The highest BCUT2D eigenvalue weighted by molar-refractivity contribution is 7.14. The fraction of sp³-hybridized carbons (Fsp3) is 0.400. The number of nitrogens with zero attached hydrogens (tertiary/aromatic N) is 1. The first-order valence-corrected chi connectivity index (χ1v) is 9.56. The van der Waals surface area contributed by atoms with E-state index in [0.717, 1.165) is 37.9 Å². The largest absolute Gasteiger partial charge is 0.416 e. The van der Waals surface area contributed by atoms with Crippen LogP contribution in [0.4, 0.5) is 0 Å². The summed E-state index contributed by atoms with van der Waals surface area (Å²) in [6, 6.07) is 11.9. The minimum Gasteiger partial charge on any atom is -0.416 e. The van der Waals surface area contributed by atoms with Crippen LogP contribution >= 0.6 is 23.7 Å². The molecule has 0 amide bonds. The summed E-state index contributed by atoms with van der Waals surface area (Å²) in [6.07, 6.45) is 2.94. The number of carbonyl (C=O) groups excluding carboxylic acids is 2. The second-order valence-corrected chi connectivity index (χ2v) is 7.92. The van der Waals surface area contributed by atoms with Crippen LogP contribution in [-0.2, 0) is 22.6 Å². The molecule has 2 aliphatic rings. The van der Waals surface area contributed by atoms with E-state index in [1.54, 1.807) is 11.3 Å². The monoisotopic (exact) mass is 391 g/mol. The van der Waals surface area contributed by atoms with Gasteiger partial charge in [-0.3, -0.25) is 14.5 Å². The Morgan fingerprint density at radius 3 is 2.62 bits per heavy atom. The van der Waals surface area contributed by atoms with Crippen LogP contribution in [0.3, 0.4) is 0 Å². The van der Waals surface area contributed by atoms with Crippen molar-refractivity contribution in [2.75, 3.05) is 6.54 Å². The first-order valence-electron chi connectivity index (χ1n) is 8.74. The lowest BCUT2D eigenvalue weighted by molar-refractivity contribution is -0.131. The van der Waals surface area contributed by atoms with Crippen molar-refractivity contribution in [2.24, 2.45) is 5.92 Å². The number of ether oxygens (including phenoxy) is 1. The molecule has 0 spiro atoms. The SMILES string of the molecule is CC(=O)Oc1cc2c(s1)CCN(C(C(=O)C1CC1)c1ccccc1)C2.Cl. The summed E-state index contributed by atoms with van der Waals surface area (Å²) in [5, 5.41) is 0.657. The number of ketones is 1. The van der Waals surface area contributed by atoms with E-state index >= 15 is 0 Å². The van der Waals surface area contributed by atoms with E-state index in [9.17, 15) is 9.59 Å². The lowest BCUT2D eigenvalue weighted by Crippen LogP contribution is -2.38. The first-order chi connectivity index (χ1) is 12.1. The third-order valence-electron chi connectivity index (χ3n) is 4.85. The number of rotatable bonds is 5. The zero-order valence-electron chi connectivity index (χ0n) is 14.6. The second-order valence-electron chi connectivity index (χ2n) is 6.82. The average Bonchev–Trinajstić information content (AvgIpc) is 3.36. The number of Topliss-reactive ketones (excluding diaryl/α,β-unsaturated/α-hetero) is 1. The quantitative estimate of drug-likeness (QED) is 0.717. The first kappa shape index (κ1) is 19.1. The molecule has 6 heteroatoms. The normalized spacial score (nSPS) is 17.7. The van der Waals surface area contributed by atoms with Crippen LogP contribution in [0.1, 0.15) is 41.8 Å². The van der Waals surface area contributed by atoms with E-state index in [-0.39, 0.29) is 30.3 Å². The lowest BCUT2D eigenvalue weighted by atomic mass is 9.95. The van der Waals surface area contributed by atoms with Gasteiger partial charge in [-0.05, 0) is 36.5 Å². The molecule has 1 atom stereocenters. The summed E-state index contributed by atoms with van der Waals surface area (Å²) in [7, 11) is 0. The number of hydrogen-bond donors (Lipinski definition) is 0. The highest BCUT2D eigenvalue weighted by Gasteiger charge is 2.39. The Kier molecular flexibility index (Phi) is 5.80. The average molecular weight is 392 g/mol. The predicted molar refractivity (Wildman–Crippen MR) is 104 cm³/mol. The molecule has 138 valence electrons. The van der Waals surface area contributed by atoms with E-state index in [4.69, 9.17) is 4.74 Å². The minimum absolute atomic E-state index is 0. The molecule has 2 heterocycles. The van der Waals surface area contributed by atoms with E-state index in [1.165, 1.54) is 17.4 Å². The molecular formula is C20H22ClNO3S. The van der Waals surface area contributed by atoms with Gasteiger partial charge in [0.05, 0.1) is 6.04 Å². The highest BCUT2D eigenvalue weighted by Crippen LogP contribution is 2.40. The highest BCUT2D eigenvalue weighted by atomic mass is 35.5. The maximum atomic E-state index is 13.0. The molecule has 1 aliphatic carbocycles. The number of carbonyl (C=O) groups is 2. The van der Waals surface area contributed by atoms with Gasteiger partial charge in [0, 0.05) is 30.8 Å². The van der Waals surface area contributed by atoms with Crippen molar-refractivity contribution in [3.63, 3.8) is 0 Å². The Morgan fingerprint density at radius 2 is 1.96 bits per heavy atom. The number of esters is 1. The van der Waals surface area contributed by atoms with Gasteiger partial charge in [0.1, 0.15) is 0 Å². The lowest BCUT2D eigenvalue weighted by Gasteiger charge is -2.34. The minimum atomic E-state index is -0.290. The molecule has 0 saturated heterocycles. The van der Waals surface area contributed by atoms with Gasteiger partial charge in [-0.1, -0.05) is 30.3 Å². The molecule has 1 aromatic heterocycles. The summed E-state index contributed by atoms with van der Waals surface area (Å²) < 4.78 is 5.24. The van der Waals surface area contributed by atoms with Crippen LogP contribution < -0.4 is 4.74 Å². The molecule has 1 saturated carbocycles. The van der Waals surface area contributed by atoms with Crippen molar-refractivity contribution in [3.05, 3.63) is 52.4 Å². The smallest absolute Gasteiger partial charge is 0.308 e. The topological polar surface area (TPSA) is 46.6 Å². The fourth-order valence-electron chi connectivity index (χ4n) is 3.52. The fourth-order valence-corrected chi connectivity index (χ4v) is 4.57. The third kappa shape index (κ3) is 4.00. The van der Waals surface area contributed by atoms with Gasteiger partial charge in [0.15, 0.2) is 10.8 Å². The third-order valence-corrected chi connectivity index (χ3v) is 5.96. The van der Waals surface area contributed by atoms with Crippen LogP contribution in [0.25, 0.3) is 0 Å². The summed E-state index contributed by atoms with van der Waals surface area (Å²) in [5.74, 6) is 0.289. The molecule has 0 N–H and O–H groups in total. The van der Waals surface area contributed by atoms with Crippen LogP contribution in [0.2, 0.25) is 0 Å². The molecular weight excluding hydrogens is 370 g/mol. The van der Waals surface area contributed by atoms with Crippen LogP contribution in [0, 0.1) is 5.92 Å². The molecule has 0 radical (unpaired) electrons. The Morgan fingerprint density at radius 1 is 1.23 bits per heavy atom. The molecule has 4 nitrogen and oxygen atoms in total. The van der Waals surface area contributed by atoms with Crippen molar-refractivity contribution in [2.45, 2.75) is 38.8 Å². The van der Waals surface area contributed by atoms with E-state index in [1.807, 2.05) is 24.3 Å². The van der Waals surface area contributed by atoms with Crippen molar-refractivity contribution in [1.82, 2.24) is 4.90 Å². The van der Waals surface area contributed by atoms with Crippen LogP contribution in [0.15, 0.2) is 36.4 Å². The van der Waals surface area contributed by atoms with Gasteiger partial charge in [-0.25, -0.2) is 0 Å². The molecule has 1 aliphatic heterocycles. The molecule has 1 fully saturated rings. The van der Waals surface area contributed by atoms with Gasteiger partial charge in [-0.2, -0.15) is 0 Å². The van der Waals surface area contributed by atoms with Crippen molar-refractivity contribution >= 4 is 35.5 Å². The van der Waals surface area contributed by atoms with Crippen molar-refractivity contribution in [3.8, 4) is 5.06 Å². The number of benzene rings is 1. The van der Waals surface area contributed by atoms with Crippen molar-refractivity contribution < 1.29 is 14.3 Å². The summed E-state index contributed by atoms with van der Waals surface area (Å²) >= 11 is 1.55. The van der Waals surface area contributed by atoms with E-state index < -0.39 is 0 Å². The van der Waals surface area contributed by atoms with E-state index in [0.29, 0.717) is 10.8 Å². The van der Waals surface area contributed by atoms with E-state index in [2.05, 4.69) is 17.0 Å². The molecule has 2 aromatic rings. The molecule has 1 unspecified atom stereocenters. The molecule has 1 aromatic carbocycles. The maximum Gasteiger partial charge on any atom is 0.308 e. The number of thiophene rings is 1. The standard InChI is InChI=1S/C20H21NO3S.ClH/c1-13(22)24-18-11-16-12-21(10-9-17(16)25-18)19(20(23)15-7-8-15)14-5-3-2-4-6-14;/h2-6,11,15,19H,7-10,12H2,1H3;1H. The number of halogens is 1. The molecule has 4 rings (SSSR count). The Bertz CT molecular complexity index is 801. The number of fused-ring (bicyclic) bond motifs is 1. The zero-order valence-corrected chi connectivity index (χ0v) is 16.3. The van der Waals surface area contributed by atoms with Gasteiger partial charge in [-0.15, -0.1) is 23.7 Å². The van der Waals surface area contributed by atoms with Gasteiger partial charge < -0.3 is 4.74 Å². The molecule has 0 bridgehead atoms. The Hall–Kier alpha value is -1.69. The van der Waals surface area contributed by atoms with Crippen molar-refractivity contribution in [1.29, 1.82) is 0 Å². The Labute approximate surface area is 163 Å². The zero-order chi connectivity index (χ0) is 17.4. The van der Waals surface area contributed by atoms with Gasteiger partial charge >= 0.3 is 5.97 Å². The van der Waals surface area contributed by atoms with Crippen LogP contribution in [-0.4, -0.2) is 23.2 Å².